The van der Waals surface area contributed by atoms with Crippen molar-refractivity contribution in [2.24, 2.45) is 11.3 Å². The SMILES string of the molecule is COC12CCC3(CC1)[C@H]1Cc4ccc(O)c5c4[C@@]3(CCN1CC1CC1)[C@H]2O5. The largest absolute Gasteiger partial charge is 0.504 e. The molecule has 27 heavy (non-hydrogen) atoms. The number of ether oxygens (including phenoxy) is 2. The quantitative estimate of drug-likeness (QED) is 0.889. The van der Waals surface area contributed by atoms with Gasteiger partial charge < -0.3 is 14.6 Å². The molecule has 5 fully saturated rings. The van der Waals surface area contributed by atoms with Gasteiger partial charge in [-0.05, 0) is 80.9 Å². The Morgan fingerprint density at radius 3 is 2.74 bits per heavy atom. The van der Waals surface area contributed by atoms with Crippen LogP contribution in [0.3, 0.4) is 0 Å². The van der Waals surface area contributed by atoms with Gasteiger partial charge in [0.05, 0.1) is 0 Å². The fourth-order valence-corrected chi connectivity index (χ4v) is 8.29. The molecule has 3 atom stereocenters. The van der Waals surface area contributed by atoms with Gasteiger partial charge in [-0.1, -0.05) is 6.07 Å². The number of aromatic hydroxyl groups is 1. The summed E-state index contributed by atoms with van der Waals surface area (Å²) in [6.07, 6.45) is 9.93. The lowest BCUT2D eigenvalue weighted by Gasteiger charge is -2.72. The third kappa shape index (κ3) is 1.55. The van der Waals surface area contributed by atoms with Crippen LogP contribution in [0.1, 0.15) is 56.1 Å². The zero-order valence-electron chi connectivity index (χ0n) is 16.2. The van der Waals surface area contributed by atoms with E-state index >= 15 is 0 Å². The summed E-state index contributed by atoms with van der Waals surface area (Å²) >= 11 is 0. The summed E-state index contributed by atoms with van der Waals surface area (Å²) in [5.74, 6) is 2.06. The molecule has 2 aliphatic heterocycles. The maximum absolute atomic E-state index is 10.7. The van der Waals surface area contributed by atoms with E-state index in [0.29, 0.717) is 17.2 Å². The lowest BCUT2D eigenvalue weighted by atomic mass is 9.36. The van der Waals surface area contributed by atoms with Crippen molar-refractivity contribution in [1.29, 1.82) is 0 Å². The molecule has 4 bridgehead atoms. The second-order valence-corrected chi connectivity index (χ2v) is 10.3. The van der Waals surface area contributed by atoms with E-state index in [9.17, 15) is 5.11 Å². The Labute approximate surface area is 160 Å². The summed E-state index contributed by atoms with van der Waals surface area (Å²) in [5.41, 5.74) is 2.98. The van der Waals surface area contributed by atoms with Gasteiger partial charge in [-0.2, -0.15) is 0 Å². The van der Waals surface area contributed by atoms with Gasteiger partial charge >= 0.3 is 0 Å². The summed E-state index contributed by atoms with van der Waals surface area (Å²) in [5, 5.41) is 10.7. The van der Waals surface area contributed by atoms with E-state index in [2.05, 4.69) is 11.0 Å². The van der Waals surface area contributed by atoms with E-state index in [-0.39, 0.29) is 17.1 Å². The first-order valence-corrected chi connectivity index (χ1v) is 10.9. The molecule has 0 aromatic heterocycles. The molecule has 1 N–H and O–H groups in total. The van der Waals surface area contributed by atoms with Gasteiger partial charge in [0.15, 0.2) is 11.5 Å². The first kappa shape index (κ1) is 15.6. The second-order valence-electron chi connectivity index (χ2n) is 10.3. The van der Waals surface area contributed by atoms with Crippen molar-refractivity contribution in [3.05, 3.63) is 23.3 Å². The fraction of sp³-hybridized carbons (Fsp3) is 0.739. The molecule has 8 rings (SSSR count). The highest BCUT2D eigenvalue weighted by Gasteiger charge is 2.78. The number of hydrogen-bond donors (Lipinski definition) is 1. The lowest BCUT2D eigenvalue weighted by Crippen LogP contribution is -2.78. The predicted molar refractivity (Wildman–Crippen MR) is 101 cm³/mol. The highest BCUT2D eigenvalue weighted by Crippen LogP contribution is 2.75. The minimum Gasteiger partial charge on any atom is -0.504 e. The molecular formula is C23H29NO3. The highest BCUT2D eigenvalue weighted by molar-refractivity contribution is 5.63. The molecule has 4 saturated carbocycles. The Morgan fingerprint density at radius 2 is 2.00 bits per heavy atom. The van der Waals surface area contributed by atoms with Crippen LogP contribution in [-0.2, 0) is 16.6 Å². The zero-order valence-corrected chi connectivity index (χ0v) is 16.2. The van der Waals surface area contributed by atoms with E-state index in [1.165, 1.54) is 49.9 Å². The number of fused-ring (bicyclic) bond motifs is 2. The van der Waals surface area contributed by atoms with Crippen molar-refractivity contribution in [2.45, 2.75) is 74.5 Å². The molecule has 144 valence electrons. The predicted octanol–water partition coefficient (Wildman–Crippen LogP) is 3.39. The van der Waals surface area contributed by atoms with Crippen molar-refractivity contribution in [3.63, 3.8) is 0 Å². The summed E-state index contributed by atoms with van der Waals surface area (Å²) in [6.45, 7) is 2.47. The van der Waals surface area contributed by atoms with E-state index in [1.54, 1.807) is 0 Å². The summed E-state index contributed by atoms with van der Waals surface area (Å²) < 4.78 is 12.9. The van der Waals surface area contributed by atoms with Crippen LogP contribution in [0.25, 0.3) is 0 Å². The number of likely N-dealkylation sites (tertiary alicyclic amines) is 1. The zero-order chi connectivity index (χ0) is 18.0. The number of piperidine rings is 1. The molecular weight excluding hydrogens is 338 g/mol. The Balaban J connectivity index is 1.48. The van der Waals surface area contributed by atoms with Crippen LogP contribution >= 0.6 is 0 Å². The van der Waals surface area contributed by atoms with Crippen LogP contribution in [-0.4, -0.2) is 48.0 Å². The van der Waals surface area contributed by atoms with Gasteiger partial charge in [0.25, 0.3) is 0 Å². The standard InChI is InChI=1S/C23H29NO3/c1-26-22-8-6-21(7-9-22)17-12-15-4-5-16(25)19-18(15)23(21,20(22)27-19)10-11-24(17)13-14-2-3-14/h4-5,14,17,20,25H,2-3,6-13H2,1H3/t17-,20+,21?,22?,23+/m1/s1. The van der Waals surface area contributed by atoms with Crippen molar-refractivity contribution in [2.75, 3.05) is 20.2 Å². The van der Waals surface area contributed by atoms with Crippen LogP contribution in [0.4, 0.5) is 0 Å². The summed E-state index contributed by atoms with van der Waals surface area (Å²) in [7, 11) is 1.88. The Bertz CT molecular complexity index is 838. The summed E-state index contributed by atoms with van der Waals surface area (Å²) in [6, 6.07) is 4.68. The highest BCUT2D eigenvalue weighted by atomic mass is 16.6. The maximum Gasteiger partial charge on any atom is 0.165 e. The van der Waals surface area contributed by atoms with Crippen LogP contribution in [0.2, 0.25) is 0 Å². The maximum atomic E-state index is 10.7. The average Bonchev–Trinajstić information content (AvgIpc) is 3.43. The second kappa shape index (κ2) is 4.65. The molecule has 1 aromatic rings. The molecule has 4 nitrogen and oxygen atoms in total. The van der Waals surface area contributed by atoms with Gasteiger partial charge in [0.2, 0.25) is 0 Å². The molecule has 5 aliphatic carbocycles. The molecule has 2 spiro atoms. The minimum atomic E-state index is -0.176. The average molecular weight is 367 g/mol. The molecule has 0 amide bonds. The number of phenols is 1. The van der Waals surface area contributed by atoms with Crippen molar-refractivity contribution < 1.29 is 14.6 Å². The number of benzene rings is 1. The Kier molecular flexibility index (Phi) is 2.70. The van der Waals surface area contributed by atoms with E-state index in [4.69, 9.17) is 9.47 Å². The number of nitrogens with zero attached hydrogens (tertiary/aromatic N) is 1. The van der Waals surface area contributed by atoms with Gasteiger partial charge in [-0.15, -0.1) is 0 Å². The third-order valence-electron chi connectivity index (χ3n) is 9.59. The minimum absolute atomic E-state index is 0.0475. The lowest BCUT2D eigenvalue weighted by molar-refractivity contribution is -0.251. The summed E-state index contributed by atoms with van der Waals surface area (Å²) in [4.78, 5) is 2.86. The van der Waals surface area contributed by atoms with E-state index in [1.807, 2.05) is 13.2 Å². The normalized spacial score (nSPS) is 46.3. The molecule has 1 saturated heterocycles. The number of phenolic OH excluding ortho intramolecular Hbond substituents is 1. The molecule has 0 radical (unpaired) electrons. The van der Waals surface area contributed by atoms with Crippen LogP contribution in [0.5, 0.6) is 11.5 Å². The smallest absolute Gasteiger partial charge is 0.165 e. The molecule has 7 aliphatic rings. The van der Waals surface area contributed by atoms with Crippen molar-refractivity contribution >= 4 is 0 Å². The van der Waals surface area contributed by atoms with Crippen LogP contribution in [0, 0.1) is 11.3 Å². The number of hydrogen-bond acceptors (Lipinski definition) is 4. The molecule has 0 unspecified atom stereocenters. The van der Waals surface area contributed by atoms with Gasteiger partial charge in [-0.3, -0.25) is 4.90 Å². The van der Waals surface area contributed by atoms with E-state index < -0.39 is 0 Å². The number of rotatable bonds is 3. The van der Waals surface area contributed by atoms with Crippen molar-refractivity contribution in [3.8, 4) is 11.5 Å². The number of methoxy groups -OCH3 is 1. The monoisotopic (exact) mass is 367 g/mol. The molecule has 4 heteroatoms. The Morgan fingerprint density at radius 1 is 1.19 bits per heavy atom. The van der Waals surface area contributed by atoms with Gasteiger partial charge in [-0.25, -0.2) is 0 Å². The first-order valence-electron chi connectivity index (χ1n) is 10.9. The van der Waals surface area contributed by atoms with Gasteiger partial charge in [0, 0.05) is 30.7 Å². The van der Waals surface area contributed by atoms with Crippen LogP contribution < -0.4 is 4.74 Å². The fourth-order valence-electron chi connectivity index (χ4n) is 8.29. The van der Waals surface area contributed by atoms with Crippen LogP contribution in [0.15, 0.2) is 12.1 Å². The Hall–Kier alpha value is -1.26. The third-order valence-corrected chi connectivity index (χ3v) is 9.59. The van der Waals surface area contributed by atoms with Crippen molar-refractivity contribution in [1.82, 2.24) is 4.90 Å². The molecule has 1 aromatic carbocycles. The van der Waals surface area contributed by atoms with E-state index in [0.717, 1.165) is 37.4 Å². The molecule has 2 heterocycles. The van der Waals surface area contributed by atoms with Gasteiger partial charge in [0.1, 0.15) is 11.7 Å². The topological polar surface area (TPSA) is 41.9 Å². The first-order chi connectivity index (χ1) is 13.1.